The van der Waals surface area contributed by atoms with Gasteiger partial charge in [-0.3, -0.25) is 0 Å². The van der Waals surface area contributed by atoms with Gasteiger partial charge in [-0.2, -0.15) is 0 Å². The Balaban J connectivity index is 1.66. The van der Waals surface area contributed by atoms with E-state index in [0.29, 0.717) is 6.61 Å². The van der Waals surface area contributed by atoms with Crippen LogP contribution in [0.1, 0.15) is 24.4 Å². The molecule has 1 aliphatic rings. The molecule has 3 rings (SSSR count). The van der Waals surface area contributed by atoms with E-state index in [1.165, 1.54) is 11.3 Å². The van der Waals surface area contributed by atoms with Crippen LogP contribution in [-0.4, -0.2) is 19.7 Å². The highest BCUT2D eigenvalue weighted by molar-refractivity contribution is 5.55. The minimum Gasteiger partial charge on any atom is -0.492 e. The lowest BCUT2D eigenvalue weighted by Crippen LogP contribution is -2.29. The van der Waals surface area contributed by atoms with Crippen LogP contribution in [0.2, 0.25) is 0 Å². The largest absolute Gasteiger partial charge is 0.492 e. The van der Waals surface area contributed by atoms with Gasteiger partial charge < -0.3 is 15.4 Å². The third-order valence-corrected chi connectivity index (χ3v) is 3.99. The zero-order chi connectivity index (χ0) is 14.5. The van der Waals surface area contributed by atoms with Crippen LogP contribution in [0.5, 0.6) is 5.75 Å². The summed E-state index contributed by atoms with van der Waals surface area (Å²) >= 11 is 0. The van der Waals surface area contributed by atoms with E-state index in [4.69, 9.17) is 10.5 Å². The van der Waals surface area contributed by atoms with Gasteiger partial charge in [-0.15, -0.1) is 0 Å². The van der Waals surface area contributed by atoms with E-state index in [-0.39, 0.29) is 6.04 Å². The van der Waals surface area contributed by atoms with Crippen LogP contribution < -0.4 is 15.4 Å². The predicted octanol–water partition coefficient (Wildman–Crippen LogP) is 3.37. The molecule has 110 valence electrons. The molecular formula is C18H22N2O. The van der Waals surface area contributed by atoms with Gasteiger partial charge >= 0.3 is 0 Å². The Morgan fingerprint density at radius 1 is 1.05 bits per heavy atom. The first kappa shape index (κ1) is 14.0. The maximum Gasteiger partial charge on any atom is 0.119 e. The Labute approximate surface area is 126 Å². The molecule has 0 aliphatic carbocycles. The second-order valence-corrected chi connectivity index (χ2v) is 5.46. The molecule has 0 aromatic heterocycles. The van der Waals surface area contributed by atoms with Crippen molar-refractivity contribution in [1.29, 1.82) is 0 Å². The number of nitrogens with two attached hydrogens (primary N) is 1. The maximum atomic E-state index is 6.27. The average molecular weight is 282 g/mol. The maximum absolute atomic E-state index is 6.27. The molecule has 1 atom stereocenters. The molecule has 1 heterocycles. The Bertz CT molecular complexity index is 570. The summed E-state index contributed by atoms with van der Waals surface area (Å²) in [4.78, 5) is 2.39. The van der Waals surface area contributed by atoms with Crippen LogP contribution in [0, 0.1) is 0 Å². The van der Waals surface area contributed by atoms with Gasteiger partial charge in [0.05, 0.1) is 6.54 Å². The van der Waals surface area contributed by atoms with Gasteiger partial charge in [-0.05, 0) is 36.6 Å². The van der Waals surface area contributed by atoms with Crippen LogP contribution in [0.15, 0.2) is 54.6 Å². The van der Waals surface area contributed by atoms with Crippen LogP contribution in [0.25, 0.3) is 0 Å². The molecule has 21 heavy (non-hydrogen) atoms. The fourth-order valence-corrected chi connectivity index (χ4v) is 2.89. The van der Waals surface area contributed by atoms with Crippen LogP contribution in [0.3, 0.4) is 0 Å². The molecule has 2 aromatic rings. The summed E-state index contributed by atoms with van der Waals surface area (Å²) < 4.78 is 5.82. The van der Waals surface area contributed by atoms with Gasteiger partial charge in [0.1, 0.15) is 12.4 Å². The quantitative estimate of drug-likeness (QED) is 0.934. The van der Waals surface area contributed by atoms with Gasteiger partial charge in [0.15, 0.2) is 0 Å². The van der Waals surface area contributed by atoms with Gasteiger partial charge in [-0.1, -0.05) is 36.4 Å². The number of fused-ring (bicyclic) bond motifs is 1. The molecule has 1 unspecified atom stereocenters. The summed E-state index contributed by atoms with van der Waals surface area (Å²) in [6.07, 6.45) is 2.17. The van der Waals surface area contributed by atoms with E-state index in [1.807, 2.05) is 30.3 Å². The Morgan fingerprint density at radius 3 is 2.67 bits per heavy atom. The SMILES string of the molecule is NC1CCCN(CCOc2ccccc2)c2ccccc21. The van der Waals surface area contributed by atoms with E-state index < -0.39 is 0 Å². The fraction of sp³-hybridized carbons (Fsp3) is 0.333. The number of rotatable bonds is 4. The van der Waals surface area contributed by atoms with Gasteiger partial charge in [0.25, 0.3) is 0 Å². The highest BCUT2D eigenvalue weighted by Crippen LogP contribution is 2.31. The third-order valence-electron chi connectivity index (χ3n) is 3.99. The normalized spacial score (nSPS) is 18.0. The molecule has 0 bridgehead atoms. The van der Waals surface area contributed by atoms with Crippen LogP contribution in [-0.2, 0) is 0 Å². The van der Waals surface area contributed by atoms with E-state index in [1.54, 1.807) is 0 Å². The Hall–Kier alpha value is -2.00. The van der Waals surface area contributed by atoms with Crippen molar-refractivity contribution >= 4 is 5.69 Å². The first-order chi connectivity index (χ1) is 10.3. The summed E-state index contributed by atoms with van der Waals surface area (Å²) in [7, 11) is 0. The first-order valence-corrected chi connectivity index (χ1v) is 7.62. The molecule has 3 heteroatoms. The predicted molar refractivity (Wildman–Crippen MR) is 86.8 cm³/mol. The summed E-state index contributed by atoms with van der Waals surface area (Å²) in [5.41, 5.74) is 8.79. The molecule has 0 amide bonds. The van der Waals surface area contributed by atoms with Gasteiger partial charge in [0, 0.05) is 18.3 Å². The van der Waals surface area contributed by atoms with Crippen molar-refractivity contribution in [2.45, 2.75) is 18.9 Å². The average Bonchev–Trinajstić information content (AvgIpc) is 2.69. The number of benzene rings is 2. The Kier molecular flexibility index (Phi) is 4.41. The van der Waals surface area contributed by atoms with Crippen LogP contribution in [0.4, 0.5) is 5.69 Å². The minimum atomic E-state index is 0.154. The summed E-state index contributed by atoms with van der Waals surface area (Å²) in [5.74, 6) is 0.928. The van der Waals surface area contributed by atoms with Gasteiger partial charge in [-0.25, -0.2) is 0 Å². The van der Waals surface area contributed by atoms with E-state index in [0.717, 1.165) is 31.7 Å². The molecule has 0 saturated carbocycles. The van der Waals surface area contributed by atoms with Crippen molar-refractivity contribution in [3.05, 3.63) is 60.2 Å². The number of ether oxygens (including phenoxy) is 1. The van der Waals surface area contributed by atoms with E-state index >= 15 is 0 Å². The summed E-state index contributed by atoms with van der Waals surface area (Å²) in [6, 6.07) is 18.6. The minimum absolute atomic E-state index is 0.154. The molecular weight excluding hydrogens is 260 g/mol. The number of nitrogens with zero attached hydrogens (tertiary/aromatic N) is 1. The number of anilines is 1. The lowest BCUT2D eigenvalue weighted by molar-refractivity contribution is 0.323. The molecule has 1 aliphatic heterocycles. The number of hydrogen-bond donors (Lipinski definition) is 1. The lowest BCUT2D eigenvalue weighted by atomic mass is 10.0. The molecule has 0 saturated heterocycles. The summed E-state index contributed by atoms with van der Waals surface area (Å²) in [5, 5.41) is 0. The Morgan fingerprint density at radius 2 is 1.81 bits per heavy atom. The monoisotopic (exact) mass is 282 g/mol. The third kappa shape index (κ3) is 3.37. The topological polar surface area (TPSA) is 38.5 Å². The molecule has 0 radical (unpaired) electrons. The molecule has 3 nitrogen and oxygen atoms in total. The zero-order valence-electron chi connectivity index (χ0n) is 12.2. The van der Waals surface area contributed by atoms with Crippen molar-refractivity contribution in [1.82, 2.24) is 0 Å². The van der Waals surface area contributed by atoms with Crippen molar-refractivity contribution in [2.75, 3.05) is 24.6 Å². The van der Waals surface area contributed by atoms with E-state index in [9.17, 15) is 0 Å². The molecule has 2 aromatic carbocycles. The first-order valence-electron chi connectivity index (χ1n) is 7.62. The zero-order valence-corrected chi connectivity index (χ0v) is 12.2. The van der Waals surface area contributed by atoms with Crippen molar-refractivity contribution < 1.29 is 4.74 Å². The molecule has 2 N–H and O–H groups in total. The van der Waals surface area contributed by atoms with Crippen LogP contribution >= 0.6 is 0 Å². The second-order valence-electron chi connectivity index (χ2n) is 5.46. The smallest absolute Gasteiger partial charge is 0.119 e. The molecule has 0 fully saturated rings. The standard InChI is InChI=1S/C18H22N2O/c19-17-10-6-12-20(18-11-5-4-9-16(17)18)13-14-21-15-7-2-1-3-8-15/h1-5,7-9,11,17H,6,10,12-14,19H2. The van der Waals surface area contributed by atoms with Gasteiger partial charge in [0.2, 0.25) is 0 Å². The van der Waals surface area contributed by atoms with Crippen molar-refractivity contribution in [3.8, 4) is 5.75 Å². The number of para-hydroxylation sites is 2. The van der Waals surface area contributed by atoms with Crippen molar-refractivity contribution in [3.63, 3.8) is 0 Å². The second kappa shape index (κ2) is 6.64. The number of hydrogen-bond acceptors (Lipinski definition) is 3. The lowest BCUT2D eigenvalue weighted by Gasteiger charge is -2.25. The van der Waals surface area contributed by atoms with Crippen molar-refractivity contribution in [2.24, 2.45) is 5.73 Å². The van der Waals surface area contributed by atoms with E-state index in [2.05, 4.69) is 29.2 Å². The molecule has 0 spiro atoms. The fourth-order valence-electron chi connectivity index (χ4n) is 2.89. The summed E-state index contributed by atoms with van der Waals surface area (Å²) in [6.45, 7) is 2.62. The highest BCUT2D eigenvalue weighted by Gasteiger charge is 2.19. The highest BCUT2D eigenvalue weighted by atomic mass is 16.5.